The van der Waals surface area contributed by atoms with Crippen molar-refractivity contribution in [3.05, 3.63) is 47.2 Å². The van der Waals surface area contributed by atoms with Gasteiger partial charge in [0.15, 0.2) is 5.11 Å². The van der Waals surface area contributed by atoms with Gasteiger partial charge in [-0.2, -0.15) is 0 Å². The first kappa shape index (κ1) is 17.3. The van der Waals surface area contributed by atoms with E-state index in [1.807, 2.05) is 18.2 Å². The molecule has 0 aliphatic rings. The Kier molecular flexibility index (Phi) is 6.43. The van der Waals surface area contributed by atoms with Crippen LogP contribution < -0.4 is 20.1 Å². The number of nitrogens with zero attached hydrogens (tertiary/aromatic N) is 1. The maximum atomic E-state index is 6.08. The largest absolute Gasteiger partial charge is 0.495 e. The van der Waals surface area contributed by atoms with Gasteiger partial charge in [-0.3, -0.25) is 4.98 Å². The summed E-state index contributed by atoms with van der Waals surface area (Å²) in [7, 11) is 3.13. The Morgan fingerprint density at radius 3 is 2.65 bits per heavy atom. The molecule has 0 bridgehead atoms. The van der Waals surface area contributed by atoms with Crippen LogP contribution >= 0.6 is 23.8 Å². The normalized spacial score (nSPS) is 10.0. The lowest BCUT2D eigenvalue weighted by atomic mass is 10.2. The van der Waals surface area contributed by atoms with Gasteiger partial charge in [0.05, 0.1) is 24.9 Å². The van der Waals surface area contributed by atoms with Gasteiger partial charge in [-0.05, 0) is 24.4 Å². The first-order valence-corrected chi connectivity index (χ1v) is 7.79. The van der Waals surface area contributed by atoms with Crippen LogP contribution in [0.2, 0.25) is 5.02 Å². The van der Waals surface area contributed by atoms with Gasteiger partial charge in [0.1, 0.15) is 11.5 Å². The zero-order valence-corrected chi connectivity index (χ0v) is 14.5. The Morgan fingerprint density at radius 2 is 2.00 bits per heavy atom. The van der Waals surface area contributed by atoms with Gasteiger partial charge < -0.3 is 20.1 Å². The third kappa shape index (κ3) is 4.97. The maximum absolute atomic E-state index is 6.08. The Morgan fingerprint density at radius 1 is 1.22 bits per heavy atom. The minimum atomic E-state index is 0.476. The molecule has 0 amide bonds. The zero-order chi connectivity index (χ0) is 16.7. The molecule has 0 spiro atoms. The molecule has 0 atom stereocenters. The summed E-state index contributed by atoms with van der Waals surface area (Å²) in [5.74, 6) is 1.14. The molecule has 122 valence electrons. The smallest absolute Gasteiger partial charge is 0.170 e. The monoisotopic (exact) mass is 351 g/mol. The molecule has 2 aromatic rings. The van der Waals surface area contributed by atoms with Gasteiger partial charge in [0, 0.05) is 37.0 Å². The number of anilines is 1. The molecule has 1 aromatic heterocycles. The van der Waals surface area contributed by atoms with E-state index in [2.05, 4.69) is 15.6 Å². The molecule has 1 heterocycles. The van der Waals surface area contributed by atoms with Gasteiger partial charge in [0.25, 0.3) is 0 Å². The topological polar surface area (TPSA) is 55.4 Å². The van der Waals surface area contributed by atoms with Crippen molar-refractivity contribution in [2.45, 2.75) is 6.42 Å². The molecule has 0 radical (unpaired) electrons. The molecule has 2 N–H and O–H groups in total. The highest BCUT2D eigenvalue weighted by Crippen LogP contribution is 2.35. The number of hydrogen-bond donors (Lipinski definition) is 2. The average molecular weight is 352 g/mol. The number of methoxy groups -OCH3 is 2. The van der Waals surface area contributed by atoms with Crippen LogP contribution in [0.25, 0.3) is 0 Å². The van der Waals surface area contributed by atoms with Gasteiger partial charge in [-0.1, -0.05) is 17.7 Å². The summed E-state index contributed by atoms with van der Waals surface area (Å²) in [4.78, 5) is 4.26. The number of aromatic nitrogens is 1. The van der Waals surface area contributed by atoms with Crippen LogP contribution in [0, 0.1) is 0 Å². The number of ether oxygens (including phenoxy) is 2. The minimum Gasteiger partial charge on any atom is -0.495 e. The number of nitrogens with one attached hydrogen (secondary N) is 2. The molecule has 1 aromatic carbocycles. The van der Waals surface area contributed by atoms with Crippen molar-refractivity contribution < 1.29 is 9.47 Å². The fraction of sp³-hybridized carbons (Fsp3) is 0.250. The second-order valence-corrected chi connectivity index (χ2v) is 5.45. The Hall–Kier alpha value is -2.05. The summed E-state index contributed by atoms with van der Waals surface area (Å²) in [6.07, 6.45) is 2.56. The lowest BCUT2D eigenvalue weighted by Gasteiger charge is -2.15. The van der Waals surface area contributed by atoms with Crippen LogP contribution in [0.1, 0.15) is 5.69 Å². The highest BCUT2D eigenvalue weighted by atomic mass is 35.5. The molecular formula is C16H18ClN3O2S. The van der Waals surface area contributed by atoms with Crippen LogP contribution in [0.4, 0.5) is 5.69 Å². The third-order valence-corrected chi connectivity index (χ3v) is 3.66. The predicted octanol–water partition coefficient (Wildman–Crippen LogP) is 3.28. The van der Waals surface area contributed by atoms with E-state index in [0.717, 1.165) is 12.1 Å². The van der Waals surface area contributed by atoms with E-state index in [-0.39, 0.29) is 0 Å². The molecule has 0 unspecified atom stereocenters. The Labute approximate surface area is 146 Å². The highest BCUT2D eigenvalue weighted by Gasteiger charge is 2.11. The lowest BCUT2D eigenvalue weighted by Crippen LogP contribution is -2.30. The van der Waals surface area contributed by atoms with Crippen molar-refractivity contribution in [1.82, 2.24) is 10.3 Å². The molecule has 0 aliphatic heterocycles. The van der Waals surface area contributed by atoms with Gasteiger partial charge >= 0.3 is 0 Å². The second-order valence-electron chi connectivity index (χ2n) is 4.64. The minimum absolute atomic E-state index is 0.476. The second kappa shape index (κ2) is 8.55. The van der Waals surface area contributed by atoms with Crippen molar-refractivity contribution in [3.63, 3.8) is 0 Å². The summed E-state index contributed by atoms with van der Waals surface area (Å²) in [5, 5.41) is 7.19. The number of thiocarbonyl (C=S) groups is 1. The fourth-order valence-electron chi connectivity index (χ4n) is 1.97. The van der Waals surface area contributed by atoms with E-state index < -0.39 is 0 Å². The molecule has 0 aliphatic carbocycles. The zero-order valence-electron chi connectivity index (χ0n) is 12.9. The molecule has 2 rings (SSSR count). The quantitative estimate of drug-likeness (QED) is 0.779. The Balaban J connectivity index is 1.94. The van der Waals surface area contributed by atoms with Crippen LogP contribution in [-0.2, 0) is 6.42 Å². The fourth-order valence-corrected chi connectivity index (χ4v) is 2.42. The SMILES string of the molecule is COc1cc(NC(=S)NCCc2ccccn2)c(OC)cc1Cl. The highest BCUT2D eigenvalue weighted by molar-refractivity contribution is 7.80. The number of benzene rings is 1. The first-order valence-electron chi connectivity index (χ1n) is 7.00. The van der Waals surface area contributed by atoms with Crippen LogP contribution in [0.5, 0.6) is 11.5 Å². The summed E-state index contributed by atoms with van der Waals surface area (Å²) < 4.78 is 10.5. The van der Waals surface area contributed by atoms with E-state index in [1.165, 1.54) is 0 Å². The van der Waals surface area contributed by atoms with E-state index in [0.29, 0.717) is 33.9 Å². The molecular weight excluding hydrogens is 334 g/mol. The van der Waals surface area contributed by atoms with E-state index in [4.69, 9.17) is 33.3 Å². The van der Waals surface area contributed by atoms with Crippen molar-refractivity contribution in [3.8, 4) is 11.5 Å². The summed E-state index contributed by atoms with van der Waals surface area (Å²) in [6.45, 7) is 0.676. The Bertz CT molecular complexity index is 668. The van der Waals surface area contributed by atoms with Gasteiger partial charge in [0.2, 0.25) is 0 Å². The average Bonchev–Trinajstić information content (AvgIpc) is 2.57. The van der Waals surface area contributed by atoms with E-state index >= 15 is 0 Å². The standard InChI is InChI=1S/C16H18ClN3O2S/c1-21-14-10-13(15(22-2)9-12(14)17)20-16(23)19-8-6-11-5-3-4-7-18-11/h3-5,7,9-10H,6,8H2,1-2H3,(H2,19,20,23). The number of rotatable bonds is 6. The van der Waals surface area contributed by atoms with Gasteiger partial charge in [-0.25, -0.2) is 0 Å². The number of halogens is 1. The summed E-state index contributed by atoms with van der Waals surface area (Å²) >= 11 is 11.4. The predicted molar refractivity (Wildman–Crippen MR) is 96.7 cm³/mol. The third-order valence-electron chi connectivity index (χ3n) is 3.11. The van der Waals surface area contributed by atoms with Crippen LogP contribution in [-0.4, -0.2) is 30.9 Å². The van der Waals surface area contributed by atoms with E-state index in [9.17, 15) is 0 Å². The molecule has 23 heavy (non-hydrogen) atoms. The van der Waals surface area contributed by atoms with Crippen LogP contribution in [0.15, 0.2) is 36.5 Å². The van der Waals surface area contributed by atoms with Crippen LogP contribution in [0.3, 0.4) is 0 Å². The number of pyridine rings is 1. The van der Waals surface area contributed by atoms with Crippen molar-refractivity contribution >= 4 is 34.6 Å². The lowest BCUT2D eigenvalue weighted by molar-refractivity contribution is 0.405. The molecule has 0 fully saturated rings. The van der Waals surface area contributed by atoms with Crippen molar-refractivity contribution in [1.29, 1.82) is 0 Å². The van der Waals surface area contributed by atoms with E-state index in [1.54, 1.807) is 32.5 Å². The summed E-state index contributed by atoms with van der Waals surface area (Å²) in [5.41, 5.74) is 1.69. The molecule has 5 nitrogen and oxygen atoms in total. The van der Waals surface area contributed by atoms with Crippen molar-refractivity contribution in [2.75, 3.05) is 26.1 Å². The van der Waals surface area contributed by atoms with Crippen molar-refractivity contribution in [2.24, 2.45) is 0 Å². The van der Waals surface area contributed by atoms with Gasteiger partial charge in [-0.15, -0.1) is 0 Å². The number of hydrogen-bond acceptors (Lipinski definition) is 4. The summed E-state index contributed by atoms with van der Waals surface area (Å²) in [6, 6.07) is 9.26. The first-order chi connectivity index (χ1) is 11.1. The molecule has 0 saturated carbocycles. The molecule has 7 heteroatoms. The maximum Gasteiger partial charge on any atom is 0.170 e. The molecule has 0 saturated heterocycles.